The molecule has 1 heteroatoms. The number of nitrogens with zero attached hydrogens (tertiary/aromatic N) is 1. The molecule has 1 nitrogen and oxygen atoms in total. The van der Waals surface area contributed by atoms with E-state index in [4.69, 9.17) is 0 Å². The third kappa shape index (κ3) is 2.46. The van der Waals surface area contributed by atoms with Gasteiger partial charge in [-0.25, -0.2) is 0 Å². The van der Waals surface area contributed by atoms with Gasteiger partial charge in [0.2, 0.25) is 0 Å². The summed E-state index contributed by atoms with van der Waals surface area (Å²) < 4.78 is 0. The molecule has 1 aliphatic rings. The van der Waals surface area contributed by atoms with Gasteiger partial charge in [-0.05, 0) is 24.6 Å². The van der Waals surface area contributed by atoms with Crippen LogP contribution in [0.2, 0.25) is 0 Å². The van der Waals surface area contributed by atoms with Crippen LogP contribution in [-0.2, 0) is 0 Å². The average molecular weight is 237 g/mol. The smallest absolute Gasteiger partial charge is 0.0229 e. The fourth-order valence-electron chi connectivity index (χ4n) is 2.65. The monoisotopic (exact) mass is 237 g/mol. The van der Waals surface area contributed by atoms with E-state index in [9.17, 15) is 0 Å². The number of likely N-dealkylation sites (N-methyl/N-ethyl adjacent to an activating group) is 1. The molecule has 0 N–H and O–H groups in total. The van der Waals surface area contributed by atoms with Gasteiger partial charge in [0, 0.05) is 18.5 Å². The van der Waals surface area contributed by atoms with Crippen molar-refractivity contribution in [1.29, 1.82) is 0 Å². The first-order valence-electron chi connectivity index (χ1n) is 6.65. The van der Waals surface area contributed by atoms with Crippen molar-refractivity contribution in [3.8, 4) is 0 Å². The van der Waals surface area contributed by atoms with E-state index in [1.165, 1.54) is 24.1 Å². The van der Waals surface area contributed by atoms with Crippen LogP contribution in [0.4, 0.5) is 0 Å². The molecule has 2 aromatic carbocycles. The van der Waals surface area contributed by atoms with Crippen LogP contribution in [0.3, 0.4) is 0 Å². The molecule has 0 radical (unpaired) electrons. The maximum atomic E-state index is 2.42. The summed E-state index contributed by atoms with van der Waals surface area (Å²) in [7, 11) is 2.21. The van der Waals surface area contributed by atoms with Crippen molar-refractivity contribution in [1.82, 2.24) is 4.90 Å². The molecule has 0 saturated carbocycles. The predicted molar refractivity (Wildman–Crippen MR) is 75.8 cm³/mol. The summed E-state index contributed by atoms with van der Waals surface area (Å²) in [6, 6.07) is 22.5. The number of hydrogen-bond acceptors (Lipinski definition) is 1. The highest BCUT2D eigenvalue weighted by Crippen LogP contribution is 2.33. The van der Waals surface area contributed by atoms with Gasteiger partial charge in [0.1, 0.15) is 0 Å². The van der Waals surface area contributed by atoms with Gasteiger partial charge in [-0.1, -0.05) is 60.7 Å². The van der Waals surface area contributed by atoms with Crippen molar-refractivity contribution in [3.63, 3.8) is 0 Å². The highest BCUT2D eigenvalue weighted by atomic mass is 15.3. The maximum Gasteiger partial charge on any atom is 0.0229 e. The molecule has 1 saturated heterocycles. The molecule has 1 aliphatic heterocycles. The van der Waals surface area contributed by atoms with Crippen molar-refractivity contribution in [2.75, 3.05) is 13.6 Å². The zero-order valence-electron chi connectivity index (χ0n) is 10.8. The minimum Gasteiger partial charge on any atom is -0.301 e. The maximum absolute atomic E-state index is 2.42. The molecule has 0 amide bonds. The standard InChI is InChI=1S/C17H19N/c1-18-13-16(18)12-17(14-8-4-2-5-9-14)15-10-6-3-7-11-15/h2-11,16-17H,12-13H2,1H3/t16-,18?/m1/s1. The Morgan fingerprint density at radius 1 is 0.944 bits per heavy atom. The predicted octanol–water partition coefficient (Wildman–Crippen LogP) is 3.52. The topological polar surface area (TPSA) is 3.01 Å². The summed E-state index contributed by atoms with van der Waals surface area (Å²) in [5, 5.41) is 0. The van der Waals surface area contributed by atoms with Crippen LogP contribution in [0.5, 0.6) is 0 Å². The molecular formula is C17H19N. The van der Waals surface area contributed by atoms with Crippen LogP contribution in [-0.4, -0.2) is 24.5 Å². The zero-order chi connectivity index (χ0) is 12.4. The number of benzene rings is 2. The second-order valence-corrected chi connectivity index (χ2v) is 5.20. The molecule has 0 bridgehead atoms. The molecule has 18 heavy (non-hydrogen) atoms. The molecule has 0 aromatic heterocycles. The Balaban J connectivity index is 1.89. The van der Waals surface area contributed by atoms with E-state index in [-0.39, 0.29) is 0 Å². The highest BCUT2D eigenvalue weighted by molar-refractivity contribution is 5.32. The Labute approximate surface area is 109 Å². The SMILES string of the molecule is CN1C[C@H]1CC(c1ccccc1)c1ccccc1. The summed E-state index contributed by atoms with van der Waals surface area (Å²) in [4.78, 5) is 2.42. The highest BCUT2D eigenvalue weighted by Gasteiger charge is 2.32. The second-order valence-electron chi connectivity index (χ2n) is 5.20. The lowest BCUT2D eigenvalue weighted by molar-refractivity contribution is 0.562. The molecule has 2 atom stereocenters. The van der Waals surface area contributed by atoms with E-state index in [1.807, 2.05) is 0 Å². The first-order valence-corrected chi connectivity index (χ1v) is 6.65. The van der Waals surface area contributed by atoms with E-state index in [2.05, 4.69) is 72.6 Å². The summed E-state index contributed by atoms with van der Waals surface area (Å²) >= 11 is 0. The summed E-state index contributed by atoms with van der Waals surface area (Å²) in [6.45, 7) is 1.25. The zero-order valence-corrected chi connectivity index (χ0v) is 10.8. The quantitative estimate of drug-likeness (QED) is 0.735. The molecule has 92 valence electrons. The summed E-state index contributed by atoms with van der Waals surface area (Å²) in [6.07, 6.45) is 1.23. The van der Waals surface area contributed by atoms with Crippen molar-refractivity contribution >= 4 is 0 Å². The Bertz CT molecular complexity index is 452. The van der Waals surface area contributed by atoms with Crippen molar-refractivity contribution in [2.24, 2.45) is 0 Å². The van der Waals surface area contributed by atoms with E-state index in [0.717, 1.165) is 6.04 Å². The van der Waals surface area contributed by atoms with Gasteiger partial charge in [-0.15, -0.1) is 0 Å². The van der Waals surface area contributed by atoms with E-state index >= 15 is 0 Å². The lowest BCUT2D eigenvalue weighted by Crippen LogP contribution is -2.06. The van der Waals surface area contributed by atoms with E-state index in [0.29, 0.717) is 5.92 Å². The van der Waals surface area contributed by atoms with Crippen molar-refractivity contribution in [2.45, 2.75) is 18.4 Å². The molecule has 1 fully saturated rings. The van der Waals surface area contributed by atoms with Crippen LogP contribution in [0.25, 0.3) is 0 Å². The molecule has 3 rings (SSSR count). The molecule has 1 unspecified atom stereocenters. The molecule has 0 spiro atoms. The van der Waals surface area contributed by atoms with Crippen LogP contribution in [0.15, 0.2) is 60.7 Å². The summed E-state index contributed by atoms with van der Waals surface area (Å²) in [5.74, 6) is 0.530. The van der Waals surface area contributed by atoms with Crippen molar-refractivity contribution in [3.05, 3.63) is 71.8 Å². The normalized spacial score (nSPS) is 22.1. The van der Waals surface area contributed by atoms with Crippen LogP contribution in [0.1, 0.15) is 23.5 Å². The fourth-order valence-corrected chi connectivity index (χ4v) is 2.65. The van der Waals surface area contributed by atoms with Gasteiger partial charge < -0.3 is 4.90 Å². The number of hydrogen-bond donors (Lipinski definition) is 0. The van der Waals surface area contributed by atoms with Crippen LogP contribution in [0, 0.1) is 0 Å². The third-order valence-electron chi connectivity index (χ3n) is 3.90. The first kappa shape index (κ1) is 11.5. The fraction of sp³-hybridized carbons (Fsp3) is 0.294. The lowest BCUT2D eigenvalue weighted by Gasteiger charge is -2.17. The van der Waals surface area contributed by atoms with Gasteiger partial charge in [-0.3, -0.25) is 0 Å². The Morgan fingerprint density at radius 3 is 1.78 bits per heavy atom. The molecular weight excluding hydrogens is 218 g/mol. The molecule has 2 aromatic rings. The van der Waals surface area contributed by atoms with Gasteiger partial charge in [0.05, 0.1) is 0 Å². The lowest BCUT2D eigenvalue weighted by atomic mass is 9.87. The van der Waals surface area contributed by atoms with Gasteiger partial charge >= 0.3 is 0 Å². The van der Waals surface area contributed by atoms with Gasteiger partial charge in [0.15, 0.2) is 0 Å². The Hall–Kier alpha value is -1.60. The van der Waals surface area contributed by atoms with Gasteiger partial charge in [0.25, 0.3) is 0 Å². The minimum absolute atomic E-state index is 0.530. The third-order valence-corrected chi connectivity index (χ3v) is 3.90. The first-order chi connectivity index (χ1) is 8.84. The van der Waals surface area contributed by atoms with E-state index < -0.39 is 0 Å². The van der Waals surface area contributed by atoms with Gasteiger partial charge in [-0.2, -0.15) is 0 Å². The average Bonchev–Trinajstić information content (AvgIpc) is 3.14. The van der Waals surface area contributed by atoms with Crippen molar-refractivity contribution < 1.29 is 0 Å². The number of rotatable bonds is 4. The minimum atomic E-state index is 0.530. The molecule has 0 aliphatic carbocycles. The van der Waals surface area contributed by atoms with Crippen LogP contribution < -0.4 is 0 Å². The summed E-state index contributed by atoms with van der Waals surface area (Å²) in [5.41, 5.74) is 2.87. The largest absolute Gasteiger partial charge is 0.301 e. The Kier molecular flexibility index (Phi) is 3.16. The second kappa shape index (κ2) is 4.95. The Morgan fingerprint density at radius 2 is 1.39 bits per heavy atom. The van der Waals surface area contributed by atoms with E-state index in [1.54, 1.807) is 0 Å². The molecule has 1 heterocycles. The van der Waals surface area contributed by atoms with Crippen LogP contribution >= 0.6 is 0 Å².